The highest BCUT2D eigenvalue weighted by Gasteiger charge is 2.48. The first kappa shape index (κ1) is 29.7. The zero-order chi connectivity index (χ0) is 30.6. The molecule has 43 heavy (non-hydrogen) atoms. The van der Waals surface area contributed by atoms with Gasteiger partial charge in [0.05, 0.1) is 10.9 Å². The van der Waals surface area contributed by atoms with Crippen LogP contribution < -0.4 is 5.32 Å². The maximum atomic E-state index is 14.2. The van der Waals surface area contributed by atoms with E-state index in [0.29, 0.717) is 36.0 Å². The predicted molar refractivity (Wildman–Crippen MR) is 157 cm³/mol. The van der Waals surface area contributed by atoms with Crippen molar-refractivity contribution in [3.8, 4) is 6.07 Å². The van der Waals surface area contributed by atoms with Crippen molar-refractivity contribution in [2.45, 2.75) is 63.1 Å². The minimum absolute atomic E-state index is 0.0580. The number of benzene rings is 1. The Balaban J connectivity index is 1.13. The Labute approximate surface area is 252 Å². The number of amides is 3. The number of nitrogens with one attached hydrogen (secondary N) is 1. The van der Waals surface area contributed by atoms with Crippen LogP contribution in [-0.2, 0) is 14.2 Å². The van der Waals surface area contributed by atoms with Gasteiger partial charge in [-0.25, -0.2) is 4.39 Å². The minimum Gasteiger partial charge on any atom is -0.340 e. The van der Waals surface area contributed by atoms with Crippen molar-refractivity contribution < 1.29 is 33.1 Å². The number of allylic oxidation sites excluding steroid dienone is 3. The fourth-order valence-corrected chi connectivity index (χ4v) is 8.26. The Morgan fingerprint density at radius 1 is 1.19 bits per heavy atom. The third-order valence-corrected chi connectivity index (χ3v) is 11.1. The topological polar surface area (TPSA) is 151 Å². The van der Waals surface area contributed by atoms with Crippen molar-refractivity contribution in [3.05, 3.63) is 58.0 Å². The second-order valence-corrected chi connectivity index (χ2v) is 14.6. The zero-order valence-electron chi connectivity index (χ0n) is 23.5. The van der Waals surface area contributed by atoms with Gasteiger partial charge in [-0.1, -0.05) is 25.1 Å². The summed E-state index contributed by atoms with van der Waals surface area (Å²) in [5, 5.41) is 12.8. The molecule has 3 aliphatic heterocycles. The molecule has 2 aromatic rings. The van der Waals surface area contributed by atoms with Gasteiger partial charge in [0.25, 0.3) is 5.91 Å². The van der Waals surface area contributed by atoms with E-state index in [0.717, 1.165) is 41.7 Å². The monoisotopic (exact) mass is 626 g/mol. The molecule has 1 aromatic heterocycles. The average molecular weight is 627 g/mol. The first-order chi connectivity index (χ1) is 20.5. The summed E-state index contributed by atoms with van der Waals surface area (Å²) in [6.45, 7) is 3.02. The fourth-order valence-electron chi connectivity index (χ4n) is 6.77. The van der Waals surface area contributed by atoms with Gasteiger partial charge >= 0.3 is 7.60 Å². The van der Waals surface area contributed by atoms with E-state index in [1.165, 1.54) is 24.3 Å². The lowest BCUT2D eigenvalue weighted by molar-refractivity contribution is -0.149. The second kappa shape index (κ2) is 11.3. The molecule has 3 N–H and O–H groups in total. The Morgan fingerprint density at radius 3 is 2.67 bits per heavy atom. The van der Waals surface area contributed by atoms with Crippen LogP contribution in [0.1, 0.15) is 60.2 Å². The van der Waals surface area contributed by atoms with Gasteiger partial charge in [-0.15, -0.1) is 11.3 Å². The summed E-state index contributed by atoms with van der Waals surface area (Å²) in [6.07, 6.45) is 7.21. The van der Waals surface area contributed by atoms with E-state index < -0.39 is 31.5 Å². The quantitative estimate of drug-likeness (QED) is 0.407. The Morgan fingerprint density at radius 2 is 1.95 bits per heavy atom. The number of fused-ring (bicyclic) bond motifs is 2. The molecule has 3 amide bonds. The number of nitrogens with zero attached hydrogens (tertiary/aromatic N) is 3. The average Bonchev–Trinajstić information content (AvgIpc) is 3.64. The van der Waals surface area contributed by atoms with Crippen molar-refractivity contribution in [2.24, 2.45) is 11.8 Å². The van der Waals surface area contributed by atoms with Gasteiger partial charge in [-0.2, -0.15) is 5.26 Å². The van der Waals surface area contributed by atoms with E-state index >= 15 is 0 Å². The second-order valence-electron chi connectivity index (χ2n) is 11.9. The molecule has 0 bridgehead atoms. The van der Waals surface area contributed by atoms with Crippen molar-refractivity contribution in [2.75, 3.05) is 13.1 Å². The van der Waals surface area contributed by atoms with E-state index in [4.69, 9.17) is 0 Å². The van der Waals surface area contributed by atoms with E-state index in [1.807, 2.05) is 19.1 Å². The number of alkyl halides is 1. The summed E-state index contributed by atoms with van der Waals surface area (Å²) in [5.41, 5.74) is 1.58. The molecule has 1 aliphatic carbocycles. The molecule has 3 saturated heterocycles. The molecule has 13 heteroatoms. The van der Waals surface area contributed by atoms with Gasteiger partial charge in [0.2, 0.25) is 17.7 Å². The number of nitriles is 1. The number of hydrogen-bond donors (Lipinski definition) is 3. The molecule has 226 valence electrons. The minimum atomic E-state index is -4.97. The first-order valence-electron chi connectivity index (χ1n) is 14.4. The van der Waals surface area contributed by atoms with E-state index in [2.05, 4.69) is 11.4 Å². The Hall–Kier alpha value is -3.36. The van der Waals surface area contributed by atoms with Crippen LogP contribution in [0.15, 0.2) is 47.6 Å². The highest BCUT2D eigenvalue weighted by atomic mass is 32.1. The molecule has 1 aromatic carbocycles. The molecule has 2 unspecified atom stereocenters. The van der Waals surface area contributed by atoms with E-state index in [1.54, 1.807) is 9.80 Å². The molecule has 5 atom stereocenters. The number of rotatable bonds is 6. The molecule has 6 rings (SSSR count). The van der Waals surface area contributed by atoms with Gasteiger partial charge in [0, 0.05) is 41.2 Å². The van der Waals surface area contributed by atoms with Crippen LogP contribution in [0, 0.1) is 23.2 Å². The van der Waals surface area contributed by atoms with Gasteiger partial charge in [-0.05, 0) is 66.8 Å². The van der Waals surface area contributed by atoms with Crippen LogP contribution in [-0.4, -0.2) is 68.5 Å². The summed E-state index contributed by atoms with van der Waals surface area (Å²) >= 11 is 1.14. The molecule has 4 heterocycles. The molecular formula is C30H32FN4O6PS. The van der Waals surface area contributed by atoms with E-state index in [9.17, 15) is 38.4 Å². The maximum absolute atomic E-state index is 14.2. The molecular weight excluding hydrogens is 594 g/mol. The molecule has 0 saturated carbocycles. The number of hydrogen-bond acceptors (Lipinski definition) is 6. The van der Waals surface area contributed by atoms with Crippen LogP contribution in [0.3, 0.4) is 0 Å². The SMILES string of the molecule is CC1C=CC(C2CN(C(=O)[C@@H]3CC[C@@H]4CCC[C@H](NC(=O)c5cc6cc(C(F)P(=O)(O)O)ccc6s5)C(=O)N43)C2)=C1C#N. The van der Waals surface area contributed by atoms with Crippen molar-refractivity contribution in [1.82, 2.24) is 15.1 Å². The number of likely N-dealkylation sites (tertiary alicyclic amines) is 1. The third kappa shape index (κ3) is 5.44. The van der Waals surface area contributed by atoms with Gasteiger partial charge in [0.1, 0.15) is 12.1 Å². The Bertz CT molecular complexity index is 1650. The number of halogens is 1. The summed E-state index contributed by atoms with van der Waals surface area (Å²) in [7, 11) is -4.97. The van der Waals surface area contributed by atoms with Crippen LogP contribution >= 0.6 is 18.9 Å². The maximum Gasteiger partial charge on any atom is 0.363 e. The van der Waals surface area contributed by atoms with Crippen molar-refractivity contribution in [1.29, 1.82) is 5.26 Å². The normalized spacial score (nSPS) is 26.7. The lowest BCUT2D eigenvalue weighted by Gasteiger charge is -2.43. The molecule has 4 aliphatic rings. The largest absolute Gasteiger partial charge is 0.363 e. The van der Waals surface area contributed by atoms with Crippen molar-refractivity contribution in [3.63, 3.8) is 0 Å². The lowest BCUT2D eigenvalue weighted by Crippen LogP contribution is -2.59. The third-order valence-electron chi connectivity index (χ3n) is 9.09. The summed E-state index contributed by atoms with van der Waals surface area (Å²) in [6, 6.07) is 6.49. The molecule has 10 nitrogen and oxygen atoms in total. The van der Waals surface area contributed by atoms with Crippen molar-refractivity contribution >= 4 is 46.7 Å². The first-order valence-corrected chi connectivity index (χ1v) is 16.9. The standard InChI is InChI=1S/C30H32FN4O6PS/c1-16-5-8-21(22(16)13-32)19-14-34(15-19)30(38)24-9-7-20-3-2-4-23(29(37)35(20)24)33-28(36)26-12-18-11-17(6-10-25(18)43-26)27(31)42(39,40)41/h5-6,8,10-12,16,19-20,23-24,27H,2-4,7,9,14-15H2,1H3,(H,33,36)(H2,39,40,41)/t16?,20-,23-,24-,27?/m0/s1. The highest BCUT2D eigenvalue weighted by Crippen LogP contribution is 2.53. The highest BCUT2D eigenvalue weighted by molar-refractivity contribution is 7.51. The zero-order valence-corrected chi connectivity index (χ0v) is 25.2. The number of carbonyl (C=O) groups is 3. The molecule has 0 spiro atoms. The summed E-state index contributed by atoms with van der Waals surface area (Å²) < 4.78 is 26.2. The predicted octanol–water partition coefficient (Wildman–Crippen LogP) is 4.17. The van der Waals surface area contributed by atoms with Gasteiger partial charge in [-0.3, -0.25) is 18.9 Å². The summed E-state index contributed by atoms with van der Waals surface area (Å²) in [4.78, 5) is 62.7. The van der Waals surface area contributed by atoms with Crippen LogP contribution in [0.2, 0.25) is 0 Å². The van der Waals surface area contributed by atoms with E-state index in [-0.39, 0.29) is 40.1 Å². The van der Waals surface area contributed by atoms with Gasteiger partial charge < -0.3 is 24.9 Å². The number of thiophene rings is 1. The molecule has 0 radical (unpaired) electrons. The van der Waals surface area contributed by atoms with Crippen LogP contribution in [0.5, 0.6) is 0 Å². The Kier molecular flexibility index (Phi) is 7.80. The lowest BCUT2D eigenvalue weighted by atomic mass is 9.87. The number of carbonyl (C=O) groups excluding carboxylic acids is 3. The smallest absolute Gasteiger partial charge is 0.340 e. The van der Waals surface area contributed by atoms with Gasteiger partial charge in [0.15, 0.2) is 0 Å². The van der Waals surface area contributed by atoms with Crippen LogP contribution in [0.25, 0.3) is 10.1 Å². The van der Waals surface area contributed by atoms with Crippen LogP contribution in [0.4, 0.5) is 4.39 Å². The molecule has 3 fully saturated rings. The fraction of sp³-hybridized carbons (Fsp3) is 0.467. The summed E-state index contributed by atoms with van der Waals surface area (Å²) in [5.74, 6) is -3.08.